The molecule has 0 saturated heterocycles. The number of hydrogen-bond acceptors (Lipinski definition) is 10. The molecule has 154 valence electrons. The minimum absolute atomic E-state index is 0.0582. The van der Waals surface area contributed by atoms with Crippen molar-refractivity contribution < 1.29 is 18.7 Å². The van der Waals surface area contributed by atoms with E-state index in [1.807, 2.05) is 6.07 Å². The van der Waals surface area contributed by atoms with E-state index in [0.717, 1.165) is 17.5 Å². The van der Waals surface area contributed by atoms with Crippen LogP contribution in [0.25, 0.3) is 11.6 Å². The Balaban J connectivity index is 1.90. The Morgan fingerprint density at radius 1 is 1.33 bits per heavy atom. The Kier molecular flexibility index (Phi) is 6.97. The minimum atomic E-state index is -0.963. The van der Waals surface area contributed by atoms with Crippen LogP contribution in [0.5, 0.6) is 0 Å². The number of thiazole rings is 1. The van der Waals surface area contributed by atoms with Crippen LogP contribution in [0.4, 0.5) is 0 Å². The summed E-state index contributed by atoms with van der Waals surface area (Å²) >= 11 is 2.34. The molecule has 0 unspecified atom stereocenters. The van der Waals surface area contributed by atoms with E-state index in [4.69, 9.17) is 9.15 Å². The van der Waals surface area contributed by atoms with Gasteiger partial charge >= 0.3 is 5.97 Å². The zero-order chi connectivity index (χ0) is 21.7. The molecule has 0 spiro atoms. The van der Waals surface area contributed by atoms with Crippen LogP contribution >= 0.6 is 23.1 Å². The van der Waals surface area contributed by atoms with E-state index in [1.165, 1.54) is 17.6 Å². The molecule has 8 nitrogen and oxygen atoms in total. The van der Waals surface area contributed by atoms with Gasteiger partial charge < -0.3 is 9.15 Å². The second kappa shape index (κ2) is 9.65. The van der Waals surface area contributed by atoms with Gasteiger partial charge in [0.05, 0.1) is 30.4 Å². The van der Waals surface area contributed by atoms with Crippen LogP contribution in [0.3, 0.4) is 0 Å². The number of nitriles is 1. The number of nitrogens with zero attached hydrogens (tertiary/aromatic N) is 4. The highest BCUT2D eigenvalue weighted by Crippen LogP contribution is 2.29. The number of esters is 1. The number of carbonyl (C=O) groups excluding carboxylic acids is 2. The fourth-order valence-electron chi connectivity index (χ4n) is 2.60. The number of rotatable bonds is 8. The zero-order valence-electron chi connectivity index (χ0n) is 16.5. The van der Waals surface area contributed by atoms with Crippen molar-refractivity contribution in [3.63, 3.8) is 0 Å². The normalized spacial score (nSPS) is 11.7. The highest BCUT2D eigenvalue weighted by molar-refractivity contribution is 8.00. The number of aryl methyl sites for hydroxylation is 2. The maximum atomic E-state index is 12.7. The molecule has 0 bridgehead atoms. The number of ketones is 1. The Morgan fingerprint density at radius 2 is 2.13 bits per heavy atom. The molecule has 0 saturated carbocycles. The summed E-state index contributed by atoms with van der Waals surface area (Å²) in [7, 11) is 0. The quantitative estimate of drug-likeness (QED) is 0.290. The summed E-state index contributed by atoms with van der Waals surface area (Å²) in [4.78, 5) is 38.2. The molecular formula is C20H18N4O4S2. The average Bonchev–Trinajstić information content (AvgIpc) is 3.39. The van der Waals surface area contributed by atoms with Crippen LogP contribution < -0.4 is 0 Å². The van der Waals surface area contributed by atoms with Gasteiger partial charge in [-0.2, -0.15) is 5.26 Å². The van der Waals surface area contributed by atoms with E-state index < -0.39 is 11.9 Å². The summed E-state index contributed by atoms with van der Waals surface area (Å²) in [6.45, 7) is 5.37. The van der Waals surface area contributed by atoms with Gasteiger partial charge in [0.25, 0.3) is 0 Å². The van der Waals surface area contributed by atoms with Crippen molar-refractivity contribution in [2.45, 2.75) is 31.7 Å². The lowest BCUT2D eigenvalue weighted by molar-refractivity contribution is -0.116. The van der Waals surface area contributed by atoms with E-state index in [9.17, 15) is 14.9 Å². The third kappa shape index (κ3) is 4.75. The van der Waals surface area contributed by atoms with Crippen molar-refractivity contribution in [3.05, 3.63) is 45.7 Å². The van der Waals surface area contributed by atoms with Gasteiger partial charge in [-0.05, 0) is 32.9 Å². The summed E-state index contributed by atoms with van der Waals surface area (Å²) in [5.74, 6) is -1.17. The van der Waals surface area contributed by atoms with E-state index in [1.54, 1.807) is 38.3 Å². The van der Waals surface area contributed by atoms with Crippen LogP contribution in [0.1, 0.15) is 39.6 Å². The van der Waals surface area contributed by atoms with E-state index in [-0.39, 0.29) is 23.7 Å². The first-order valence-electron chi connectivity index (χ1n) is 9.01. The summed E-state index contributed by atoms with van der Waals surface area (Å²) in [5, 5.41) is 12.0. The molecule has 3 aromatic rings. The molecule has 3 rings (SSSR count). The third-order valence-corrected chi connectivity index (χ3v) is 5.99. The predicted molar refractivity (Wildman–Crippen MR) is 111 cm³/mol. The summed E-state index contributed by atoms with van der Waals surface area (Å²) < 4.78 is 10.5. The molecule has 1 atom stereocenters. The molecule has 0 aliphatic heterocycles. The first-order valence-corrected chi connectivity index (χ1v) is 10.9. The van der Waals surface area contributed by atoms with Gasteiger partial charge in [0.1, 0.15) is 15.6 Å². The first kappa shape index (κ1) is 21.7. The molecule has 0 aliphatic rings. The summed E-state index contributed by atoms with van der Waals surface area (Å²) in [6, 6.07) is 5.43. The van der Waals surface area contributed by atoms with Gasteiger partial charge in [0.2, 0.25) is 0 Å². The topological polar surface area (TPSA) is 119 Å². The highest BCUT2D eigenvalue weighted by Gasteiger charge is 2.26. The second-order valence-corrected chi connectivity index (χ2v) is 8.01. The maximum Gasteiger partial charge on any atom is 0.342 e. The SMILES string of the molecule is CCOC(=O)c1c(C)nc(-c2ccco2)nc1SCC(=O)[C@H](C#N)c1nc(C)cs1. The van der Waals surface area contributed by atoms with Crippen LogP contribution in [0.15, 0.2) is 33.2 Å². The Hall–Kier alpha value is -3.03. The van der Waals surface area contributed by atoms with Crippen molar-refractivity contribution in [3.8, 4) is 17.7 Å². The monoisotopic (exact) mass is 442 g/mol. The fourth-order valence-corrected chi connectivity index (χ4v) is 4.43. The van der Waals surface area contributed by atoms with E-state index >= 15 is 0 Å². The van der Waals surface area contributed by atoms with Gasteiger partial charge in [-0.1, -0.05) is 11.8 Å². The number of hydrogen-bond donors (Lipinski definition) is 0. The fraction of sp³-hybridized carbons (Fsp3) is 0.300. The molecule has 0 aliphatic carbocycles. The first-order chi connectivity index (χ1) is 14.4. The van der Waals surface area contributed by atoms with E-state index in [0.29, 0.717) is 27.3 Å². The number of carbonyl (C=O) groups is 2. The molecule has 3 aromatic heterocycles. The van der Waals surface area contributed by atoms with Crippen molar-refractivity contribution in [1.82, 2.24) is 15.0 Å². The molecule has 0 radical (unpaired) electrons. The predicted octanol–water partition coefficient (Wildman–Crippen LogP) is 3.96. The molecule has 3 heterocycles. The lowest BCUT2D eigenvalue weighted by atomic mass is 10.1. The second-order valence-electron chi connectivity index (χ2n) is 6.15. The van der Waals surface area contributed by atoms with Gasteiger partial charge in [-0.25, -0.2) is 19.7 Å². The molecule has 0 amide bonds. The van der Waals surface area contributed by atoms with Crippen LogP contribution in [0, 0.1) is 25.2 Å². The lowest BCUT2D eigenvalue weighted by Gasteiger charge is -2.12. The summed E-state index contributed by atoms with van der Waals surface area (Å²) in [5.41, 5.74) is 1.37. The third-order valence-electron chi connectivity index (χ3n) is 3.96. The van der Waals surface area contributed by atoms with Gasteiger partial charge in [-0.3, -0.25) is 4.79 Å². The van der Waals surface area contributed by atoms with Gasteiger partial charge in [-0.15, -0.1) is 11.3 Å². The summed E-state index contributed by atoms with van der Waals surface area (Å²) in [6.07, 6.45) is 1.50. The Labute approximate surface area is 181 Å². The lowest BCUT2D eigenvalue weighted by Crippen LogP contribution is -2.15. The number of furan rings is 1. The number of aromatic nitrogens is 3. The van der Waals surface area contributed by atoms with Crippen molar-refractivity contribution in [1.29, 1.82) is 5.26 Å². The van der Waals surface area contributed by atoms with Crippen LogP contribution in [-0.4, -0.2) is 39.1 Å². The largest absolute Gasteiger partial charge is 0.462 e. The van der Waals surface area contributed by atoms with Crippen molar-refractivity contribution >= 4 is 34.9 Å². The Bertz CT molecular complexity index is 1100. The highest BCUT2D eigenvalue weighted by atomic mass is 32.2. The molecule has 0 fully saturated rings. The van der Waals surface area contributed by atoms with Crippen LogP contribution in [-0.2, 0) is 9.53 Å². The zero-order valence-corrected chi connectivity index (χ0v) is 18.2. The van der Waals surface area contributed by atoms with Gasteiger partial charge in [0, 0.05) is 11.1 Å². The molecule has 0 N–H and O–H groups in total. The number of Topliss-reactive ketones (excluding diaryl/α,β-unsaturated/α-hetero) is 1. The molecule has 0 aromatic carbocycles. The standard InChI is InChI=1S/C20H18N4O4S2/c1-4-27-20(26)16-12(3)23-17(15-6-5-7-28-15)24-19(16)30-10-14(25)13(8-21)18-22-11(2)9-29-18/h5-7,9,13H,4,10H2,1-3H3/t13-/m0/s1. The molecule has 30 heavy (non-hydrogen) atoms. The maximum absolute atomic E-state index is 12.7. The average molecular weight is 443 g/mol. The number of thioether (sulfide) groups is 1. The Morgan fingerprint density at radius 3 is 2.73 bits per heavy atom. The van der Waals surface area contributed by atoms with Crippen LogP contribution in [0.2, 0.25) is 0 Å². The van der Waals surface area contributed by atoms with E-state index in [2.05, 4.69) is 15.0 Å². The minimum Gasteiger partial charge on any atom is -0.462 e. The number of ether oxygens (including phenoxy) is 1. The van der Waals surface area contributed by atoms with Gasteiger partial charge in [0.15, 0.2) is 23.3 Å². The smallest absolute Gasteiger partial charge is 0.342 e. The van der Waals surface area contributed by atoms with Crippen molar-refractivity contribution in [2.24, 2.45) is 0 Å². The molecule has 10 heteroatoms. The molecular weight excluding hydrogens is 424 g/mol. The van der Waals surface area contributed by atoms with Crippen molar-refractivity contribution in [2.75, 3.05) is 12.4 Å².